The normalized spacial score (nSPS) is 12.3. The van der Waals surface area contributed by atoms with E-state index in [1.165, 1.54) is 225 Å². The Hall–Kier alpha value is -2.63. The molecule has 0 aromatic carbocycles. The van der Waals surface area contributed by atoms with Gasteiger partial charge in [0.1, 0.15) is 13.2 Å². The van der Waals surface area contributed by atoms with Crippen LogP contribution < -0.4 is 0 Å². The van der Waals surface area contributed by atoms with Gasteiger partial charge in [0.25, 0.3) is 0 Å². The summed E-state index contributed by atoms with van der Waals surface area (Å²) in [6.45, 7) is 6.63. The molecule has 0 aliphatic rings. The average molecular weight is 1020 g/mol. The van der Waals surface area contributed by atoms with E-state index in [0.717, 1.165) is 77.0 Å². The zero-order chi connectivity index (χ0) is 52.9. The van der Waals surface area contributed by atoms with Gasteiger partial charge in [-0.2, -0.15) is 0 Å². The summed E-state index contributed by atoms with van der Waals surface area (Å²) in [7, 11) is 0. The van der Waals surface area contributed by atoms with Crippen molar-refractivity contribution in [3.8, 4) is 0 Å². The Balaban J connectivity index is 4.20. The van der Waals surface area contributed by atoms with E-state index in [4.69, 9.17) is 14.2 Å². The molecule has 6 nitrogen and oxygen atoms in total. The molecule has 0 rings (SSSR count). The predicted molar refractivity (Wildman–Crippen MR) is 316 cm³/mol. The molecule has 0 saturated carbocycles. The Bertz CT molecular complexity index is 1270. The van der Waals surface area contributed by atoms with Crippen molar-refractivity contribution in [2.45, 2.75) is 348 Å². The zero-order valence-electron chi connectivity index (χ0n) is 48.9. The summed E-state index contributed by atoms with van der Waals surface area (Å²) >= 11 is 0. The average Bonchev–Trinajstić information content (AvgIpc) is 3.39. The SMILES string of the molecule is CCCC/C=C\CCCCCCCC(=O)OCC(COC(=O)CCCCCCCCCCCCCC/C=C\C/C=C\C/C=C\CCCCCCC)OC(=O)CCCCCCCCCCCCCCCCCCC. The van der Waals surface area contributed by atoms with Gasteiger partial charge < -0.3 is 14.2 Å². The molecule has 0 aromatic heterocycles. The lowest BCUT2D eigenvalue weighted by atomic mass is 10.0. The monoisotopic (exact) mass is 1020 g/mol. The smallest absolute Gasteiger partial charge is 0.306 e. The molecule has 0 aliphatic carbocycles. The highest BCUT2D eigenvalue weighted by Gasteiger charge is 2.19. The number of esters is 3. The first-order valence-electron chi connectivity index (χ1n) is 32.1. The summed E-state index contributed by atoms with van der Waals surface area (Å²) in [6.07, 6.45) is 76.9. The summed E-state index contributed by atoms with van der Waals surface area (Å²) in [4.78, 5) is 38.2. The zero-order valence-corrected chi connectivity index (χ0v) is 48.9. The van der Waals surface area contributed by atoms with E-state index in [-0.39, 0.29) is 31.1 Å². The second kappa shape index (κ2) is 61.9. The van der Waals surface area contributed by atoms with Gasteiger partial charge >= 0.3 is 17.9 Å². The van der Waals surface area contributed by atoms with Gasteiger partial charge in [-0.1, -0.05) is 294 Å². The minimum Gasteiger partial charge on any atom is -0.462 e. The van der Waals surface area contributed by atoms with Gasteiger partial charge in [0.05, 0.1) is 0 Å². The summed E-state index contributed by atoms with van der Waals surface area (Å²) in [6, 6.07) is 0. The van der Waals surface area contributed by atoms with E-state index >= 15 is 0 Å². The first kappa shape index (κ1) is 70.4. The van der Waals surface area contributed by atoms with Crippen molar-refractivity contribution in [1.82, 2.24) is 0 Å². The molecule has 0 fully saturated rings. The van der Waals surface area contributed by atoms with Crippen LogP contribution in [0.25, 0.3) is 0 Å². The molecular weight excluding hydrogens is 901 g/mol. The fraction of sp³-hybridized carbons (Fsp3) is 0.836. The number of carbonyl (C=O) groups excluding carboxylic acids is 3. The molecule has 1 atom stereocenters. The number of hydrogen-bond donors (Lipinski definition) is 0. The molecule has 0 aromatic rings. The number of carbonyl (C=O) groups is 3. The number of ether oxygens (including phenoxy) is 3. The molecule has 0 aliphatic heterocycles. The van der Waals surface area contributed by atoms with Gasteiger partial charge in [0, 0.05) is 19.3 Å². The van der Waals surface area contributed by atoms with Crippen LogP contribution >= 0.6 is 0 Å². The molecule has 0 radical (unpaired) electrons. The van der Waals surface area contributed by atoms with E-state index in [1.54, 1.807) is 0 Å². The largest absolute Gasteiger partial charge is 0.462 e. The van der Waals surface area contributed by atoms with Gasteiger partial charge in [0.2, 0.25) is 0 Å². The molecule has 0 N–H and O–H groups in total. The second-order valence-corrected chi connectivity index (χ2v) is 21.7. The van der Waals surface area contributed by atoms with Crippen LogP contribution in [-0.4, -0.2) is 37.2 Å². The van der Waals surface area contributed by atoms with Crippen LogP contribution in [0.4, 0.5) is 0 Å². The standard InChI is InChI=1S/C67H122O6/c1-4-7-10-13-16-19-22-24-26-28-29-30-31-32-33-34-35-36-37-39-40-42-45-48-51-54-57-60-66(69)72-63-64(62-71-65(68)59-56-53-50-47-44-21-18-15-12-9-6-3)73-67(70)61-58-55-52-49-46-43-41-38-27-25-23-20-17-14-11-8-5-2/h15,18,22,24,28-29,31-32,64H,4-14,16-17,19-21,23,25-27,30,33-63H2,1-3H3/b18-15-,24-22-,29-28-,32-31-. The minimum atomic E-state index is -0.774. The molecule has 6 heteroatoms. The van der Waals surface area contributed by atoms with Crippen molar-refractivity contribution in [3.63, 3.8) is 0 Å². The van der Waals surface area contributed by atoms with Gasteiger partial charge in [-0.25, -0.2) is 0 Å². The molecule has 73 heavy (non-hydrogen) atoms. The lowest BCUT2D eigenvalue weighted by Crippen LogP contribution is -2.30. The topological polar surface area (TPSA) is 78.9 Å². The fourth-order valence-corrected chi connectivity index (χ4v) is 9.43. The van der Waals surface area contributed by atoms with Crippen molar-refractivity contribution >= 4 is 17.9 Å². The lowest BCUT2D eigenvalue weighted by molar-refractivity contribution is -0.167. The van der Waals surface area contributed by atoms with E-state index in [0.29, 0.717) is 19.3 Å². The van der Waals surface area contributed by atoms with Crippen LogP contribution in [0.3, 0.4) is 0 Å². The maximum atomic E-state index is 12.9. The van der Waals surface area contributed by atoms with Crippen molar-refractivity contribution in [1.29, 1.82) is 0 Å². The van der Waals surface area contributed by atoms with Gasteiger partial charge in [-0.15, -0.1) is 0 Å². The van der Waals surface area contributed by atoms with Gasteiger partial charge in [-0.05, 0) is 77.0 Å². The van der Waals surface area contributed by atoms with Crippen LogP contribution in [-0.2, 0) is 28.6 Å². The van der Waals surface area contributed by atoms with Crippen molar-refractivity contribution in [2.75, 3.05) is 13.2 Å². The molecule has 426 valence electrons. The third-order valence-corrected chi connectivity index (χ3v) is 14.3. The second-order valence-electron chi connectivity index (χ2n) is 21.7. The van der Waals surface area contributed by atoms with Crippen LogP contribution in [0.2, 0.25) is 0 Å². The number of unbranched alkanes of at least 4 members (excludes halogenated alkanes) is 40. The Morgan fingerprint density at radius 2 is 0.507 bits per heavy atom. The summed E-state index contributed by atoms with van der Waals surface area (Å²) in [5, 5.41) is 0. The van der Waals surface area contributed by atoms with Crippen molar-refractivity contribution in [2.24, 2.45) is 0 Å². The first-order valence-corrected chi connectivity index (χ1v) is 32.1. The summed E-state index contributed by atoms with van der Waals surface area (Å²) in [5.74, 6) is -0.865. The fourth-order valence-electron chi connectivity index (χ4n) is 9.43. The number of rotatable bonds is 59. The number of allylic oxidation sites excluding steroid dienone is 8. The van der Waals surface area contributed by atoms with E-state index in [1.807, 2.05) is 0 Å². The molecule has 0 bridgehead atoms. The molecule has 0 spiro atoms. The summed E-state index contributed by atoms with van der Waals surface area (Å²) in [5.41, 5.74) is 0. The van der Waals surface area contributed by atoms with Gasteiger partial charge in [-0.3, -0.25) is 14.4 Å². The third kappa shape index (κ3) is 60.1. The Labute approximate surface area is 454 Å². The highest BCUT2D eigenvalue weighted by molar-refractivity contribution is 5.71. The first-order chi connectivity index (χ1) is 36.0. The Morgan fingerprint density at radius 1 is 0.274 bits per heavy atom. The van der Waals surface area contributed by atoms with Crippen LogP contribution in [0, 0.1) is 0 Å². The third-order valence-electron chi connectivity index (χ3n) is 14.3. The molecule has 0 heterocycles. The van der Waals surface area contributed by atoms with Crippen LogP contribution in [0.15, 0.2) is 48.6 Å². The summed E-state index contributed by atoms with van der Waals surface area (Å²) < 4.78 is 16.9. The maximum Gasteiger partial charge on any atom is 0.306 e. The van der Waals surface area contributed by atoms with Gasteiger partial charge in [0.15, 0.2) is 6.10 Å². The Kier molecular flexibility index (Phi) is 59.7. The lowest BCUT2D eigenvalue weighted by Gasteiger charge is -2.18. The molecular formula is C67H122O6. The highest BCUT2D eigenvalue weighted by atomic mass is 16.6. The quantitative estimate of drug-likeness (QED) is 0.0261. The molecule has 0 amide bonds. The van der Waals surface area contributed by atoms with E-state index in [9.17, 15) is 14.4 Å². The Morgan fingerprint density at radius 3 is 0.822 bits per heavy atom. The maximum absolute atomic E-state index is 12.9. The van der Waals surface area contributed by atoms with Crippen molar-refractivity contribution in [3.05, 3.63) is 48.6 Å². The van der Waals surface area contributed by atoms with E-state index in [2.05, 4.69) is 69.4 Å². The van der Waals surface area contributed by atoms with Crippen LogP contribution in [0.5, 0.6) is 0 Å². The minimum absolute atomic E-state index is 0.0729. The highest BCUT2D eigenvalue weighted by Crippen LogP contribution is 2.17. The van der Waals surface area contributed by atoms with Crippen LogP contribution in [0.1, 0.15) is 342 Å². The molecule has 0 saturated heterocycles. The predicted octanol–water partition coefficient (Wildman–Crippen LogP) is 21.8. The van der Waals surface area contributed by atoms with E-state index < -0.39 is 6.10 Å². The molecule has 1 unspecified atom stereocenters. The number of hydrogen-bond acceptors (Lipinski definition) is 6. The van der Waals surface area contributed by atoms with Crippen molar-refractivity contribution < 1.29 is 28.6 Å².